The monoisotopic (exact) mass is 381 g/mol. The van der Waals surface area contributed by atoms with E-state index in [1.54, 1.807) is 11.8 Å². The zero-order chi connectivity index (χ0) is 18.7. The molecule has 1 fully saturated rings. The molecule has 140 valence electrons. The van der Waals surface area contributed by atoms with Gasteiger partial charge in [0.15, 0.2) is 0 Å². The normalized spacial score (nSPS) is 18.1. The van der Waals surface area contributed by atoms with Crippen LogP contribution in [0.2, 0.25) is 0 Å². The van der Waals surface area contributed by atoms with Crippen LogP contribution in [0.5, 0.6) is 0 Å². The van der Waals surface area contributed by atoms with Crippen LogP contribution in [0.4, 0.5) is 10.5 Å². The highest BCUT2D eigenvalue weighted by Crippen LogP contribution is 2.34. The summed E-state index contributed by atoms with van der Waals surface area (Å²) in [6, 6.07) is 18.0. The Bertz CT molecular complexity index is 828. The molecule has 4 rings (SSSR count). The highest BCUT2D eigenvalue weighted by molar-refractivity contribution is 7.98. The van der Waals surface area contributed by atoms with Gasteiger partial charge in [0.2, 0.25) is 0 Å². The summed E-state index contributed by atoms with van der Waals surface area (Å²) in [5.41, 5.74) is 5.68. The first-order valence-corrected chi connectivity index (χ1v) is 10.3. The van der Waals surface area contributed by atoms with Crippen molar-refractivity contribution in [2.45, 2.75) is 23.3 Å². The van der Waals surface area contributed by atoms with Gasteiger partial charge in [-0.05, 0) is 42.2 Å². The first-order chi connectivity index (χ1) is 13.2. The predicted molar refractivity (Wildman–Crippen MR) is 109 cm³/mol. The molecule has 0 bridgehead atoms. The lowest BCUT2D eigenvalue weighted by molar-refractivity contribution is -0.0634. The molecule has 0 atom stereocenters. The Labute approximate surface area is 163 Å². The fourth-order valence-corrected chi connectivity index (χ4v) is 3.86. The van der Waals surface area contributed by atoms with Crippen molar-refractivity contribution in [1.82, 2.24) is 10.4 Å². The lowest BCUT2D eigenvalue weighted by Crippen LogP contribution is -2.48. The molecule has 0 aromatic heterocycles. The highest BCUT2D eigenvalue weighted by Gasteiger charge is 2.39. The molecular weight excluding hydrogens is 358 g/mol. The number of likely N-dealkylation sites (tertiary alicyclic amines) is 1. The second kappa shape index (κ2) is 7.66. The van der Waals surface area contributed by atoms with Crippen molar-refractivity contribution in [3.8, 4) is 0 Å². The summed E-state index contributed by atoms with van der Waals surface area (Å²) < 4.78 is 0. The van der Waals surface area contributed by atoms with Crippen molar-refractivity contribution in [2.75, 3.05) is 24.7 Å². The van der Waals surface area contributed by atoms with Crippen LogP contribution in [0, 0.1) is 0 Å². The van der Waals surface area contributed by atoms with Crippen molar-refractivity contribution < 1.29 is 9.63 Å². The average molecular weight is 382 g/mol. The summed E-state index contributed by atoms with van der Waals surface area (Å²) in [6.07, 6.45) is 5.75. The van der Waals surface area contributed by atoms with Crippen molar-refractivity contribution in [3.63, 3.8) is 0 Å². The molecule has 2 heterocycles. The van der Waals surface area contributed by atoms with Gasteiger partial charge in [-0.2, -0.15) is 0 Å². The Balaban J connectivity index is 1.36. The third-order valence-electron chi connectivity index (χ3n) is 5.09. The molecule has 1 spiro atoms. The van der Waals surface area contributed by atoms with Gasteiger partial charge in [0.1, 0.15) is 5.60 Å². The molecule has 0 aliphatic carbocycles. The SMILES string of the molecule is CSc1ccc(NC(=O)N2CCC3(C=C(c4ccccc4)NO3)CC2)cc1. The maximum absolute atomic E-state index is 12.5. The Morgan fingerprint density at radius 1 is 1.11 bits per heavy atom. The minimum absolute atomic E-state index is 0.0556. The molecule has 2 aliphatic heterocycles. The molecule has 2 amide bonds. The number of hydrogen-bond acceptors (Lipinski definition) is 4. The van der Waals surface area contributed by atoms with Crippen LogP contribution in [0.15, 0.2) is 65.6 Å². The smallest absolute Gasteiger partial charge is 0.321 e. The van der Waals surface area contributed by atoms with Gasteiger partial charge >= 0.3 is 6.03 Å². The van der Waals surface area contributed by atoms with Crippen molar-refractivity contribution in [3.05, 3.63) is 66.2 Å². The highest BCUT2D eigenvalue weighted by atomic mass is 32.2. The van der Waals surface area contributed by atoms with E-state index >= 15 is 0 Å². The summed E-state index contributed by atoms with van der Waals surface area (Å²) in [6.45, 7) is 1.32. The number of amides is 2. The Hall–Kier alpha value is -2.44. The van der Waals surface area contributed by atoms with E-state index < -0.39 is 0 Å². The van der Waals surface area contributed by atoms with Crippen molar-refractivity contribution in [1.29, 1.82) is 0 Å². The average Bonchev–Trinajstić information content (AvgIpc) is 3.13. The Morgan fingerprint density at radius 3 is 2.48 bits per heavy atom. The van der Waals surface area contributed by atoms with E-state index in [9.17, 15) is 4.79 Å². The summed E-state index contributed by atoms with van der Waals surface area (Å²) in [4.78, 5) is 21.5. The van der Waals surface area contributed by atoms with E-state index in [2.05, 4.69) is 29.0 Å². The summed E-state index contributed by atoms with van der Waals surface area (Å²) in [5.74, 6) is 0. The van der Waals surface area contributed by atoms with Crippen LogP contribution < -0.4 is 10.8 Å². The molecular formula is C21H23N3O2S. The van der Waals surface area contributed by atoms with E-state index in [0.29, 0.717) is 13.1 Å². The number of hydroxylamine groups is 1. The van der Waals surface area contributed by atoms with Crippen molar-refractivity contribution in [2.24, 2.45) is 0 Å². The number of piperidine rings is 1. The van der Waals surface area contributed by atoms with Crippen LogP contribution in [-0.4, -0.2) is 35.9 Å². The molecule has 27 heavy (non-hydrogen) atoms. The number of carbonyl (C=O) groups excluding carboxylic acids is 1. The first kappa shape index (κ1) is 17.9. The molecule has 2 N–H and O–H groups in total. The zero-order valence-electron chi connectivity index (χ0n) is 15.3. The van der Waals surface area contributed by atoms with Gasteiger partial charge in [0, 0.05) is 36.5 Å². The second-order valence-corrected chi connectivity index (χ2v) is 7.72. The predicted octanol–water partition coefficient (Wildman–Crippen LogP) is 4.35. The van der Waals surface area contributed by atoms with Gasteiger partial charge in [-0.15, -0.1) is 11.8 Å². The molecule has 0 saturated carbocycles. The number of benzene rings is 2. The number of nitrogens with zero attached hydrogens (tertiary/aromatic N) is 1. The number of nitrogens with one attached hydrogen (secondary N) is 2. The van der Waals surface area contributed by atoms with E-state index in [-0.39, 0.29) is 11.6 Å². The maximum atomic E-state index is 12.5. The number of hydrogen-bond donors (Lipinski definition) is 2. The number of anilines is 1. The Morgan fingerprint density at radius 2 is 1.81 bits per heavy atom. The van der Waals surface area contributed by atoms with Crippen LogP contribution in [0.3, 0.4) is 0 Å². The molecule has 2 aromatic carbocycles. The quantitative estimate of drug-likeness (QED) is 0.776. The number of rotatable bonds is 3. The summed E-state index contributed by atoms with van der Waals surface area (Å²) in [5, 5.41) is 2.98. The lowest BCUT2D eigenvalue weighted by Gasteiger charge is -2.36. The third-order valence-corrected chi connectivity index (χ3v) is 5.84. The number of carbonyl (C=O) groups is 1. The van der Waals surface area contributed by atoms with Crippen LogP contribution in [0.25, 0.3) is 5.70 Å². The zero-order valence-corrected chi connectivity index (χ0v) is 16.1. The first-order valence-electron chi connectivity index (χ1n) is 9.10. The van der Waals surface area contributed by atoms with E-state index in [1.165, 1.54) is 4.90 Å². The largest absolute Gasteiger partial charge is 0.324 e. The van der Waals surface area contributed by atoms with Gasteiger partial charge in [0.05, 0.1) is 5.70 Å². The number of urea groups is 1. The standard InChI is InChI=1S/C21H23N3O2S/c1-27-18-9-7-17(8-10-18)22-20(25)24-13-11-21(12-14-24)15-19(23-26-21)16-5-3-2-4-6-16/h2-10,15,23H,11-14H2,1H3,(H,22,25). The minimum atomic E-state index is -0.331. The maximum Gasteiger partial charge on any atom is 0.321 e. The van der Waals surface area contributed by atoms with Gasteiger partial charge in [0.25, 0.3) is 0 Å². The Kier molecular flexibility index (Phi) is 5.09. The lowest BCUT2D eigenvalue weighted by atomic mass is 9.90. The van der Waals surface area contributed by atoms with Crippen LogP contribution in [0.1, 0.15) is 18.4 Å². The minimum Gasteiger partial charge on any atom is -0.324 e. The topological polar surface area (TPSA) is 53.6 Å². The molecule has 0 unspecified atom stereocenters. The molecule has 6 heteroatoms. The molecule has 2 aromatic rings. The van der Waals surface area contributed by atoms with Gasteiger partial charge < -0.3 is 10.2 Å². The van der Waals surface area contributed by atoms with E-state index in [0.717, 1.165) is 29.8 Å². The number of thioether (sulfide) groups is 1. The molecule has 5 nitrogen and oxygen atoms in total. The summed E-state index contributed by atoms with van der Waals surface area (Å²) in [7, 11) is 0. The fraction of sp³-hybridized carbons (Fsp3) is 0.286. The van der Waals surface area contributed by atoms with Gasteiger partial charge in [-0.25, -0.2) is 4.79 Å². The van der Waals surface area contributed by atoms with Gasteiger partial charge in [-0.3, -0.25) is 10.3 Å². The summed E-state index contributed by atoms with van der Waals surface area (Å²) >= 11 is 1.69. The second-order valence-electron chi connectivity index (χ2n) is 6.84. The molecule has 2 aliphatic rings. The third kappa shape index (κ3) is 3.96. The van der Waals surface area contributed by atoms with E-state index in [4.69, 9.17) is 4.84 Å². The fourth-order valence-electron chi connectivity index (χ4n) is 3.45. The molecule has 0 radical (unpaired) electrons. The van der Waals surface area contributed by atoms with E-state index in [1.807, 2.05) is 53.6 Å². The van der Waals surface area contributed by atoms with Gasteiger partial charge in [-0.1, -0.05) is 30.3 Å². The van der Waals surface area contributed by atoms with Crippen molar-refractivity contribution >= 4 is 29.2 Å². The van der Waals surface area contributed by atoms with Crippen LogP contribution in [-0.2, 0) is 4.84 Å². The van der Waals surface area contributed by atoms with Crippen LogP contribution >= 0.6 is 11.8 Å². The molecule has 1 saturated heterocycles.